The third-order valence-electron chi connectivity index (χ3n) is 4.32. The van der Waals surface area contributed by atoms with Crippen LogP contribution in [0.2, 0.25) is 0 Å². The van der Waals surface area contributed by atoms with E-state index in [-0.39, 0.29) is 24.0 Å². The van der Waals surface area contributed by atoms with Crippen molar-refractivity contribution in [3.05, 3.63) is 95.8 Å². The second-order valence-electron chi connectivity index (χ2n) is 6.53. The number of ether oxygens (including phenoxy) is 1. The quantitative estimate of drug-likeness (QED) is 0.495. The molecule has 2 aromatic heterocycles. The number of halogens is 1. The van der Waals surface area contributed by atoms with Crippen LogP contribution < -0.4 is 10.1 Å². The van der Waals surface area contributed by atoms with E-state index < -0.39 is 0 Å². The molecular weight excluding hydrogens is 385 g/mol. The number of rotatable bonds is 6. The largest absolute Gasteiger partial charge is 0.441 e. The van der Waals surface area contributed by atoms with Crippen LogP contribution in [0.15, 0.2) is 77.3 Å². The molecule has 150 valence electrons. The molecule has 4 rings (SSSR count). The highest BCUT2D eigenvalue weighted by Gasteiger charge is 2.18. The Balaban J connectivity index is 1.42. The summed E-state index contributed by atoms with van der Waals surface area (Å²) in [6, 6.07) is 18.5. The molecule has 0 bridgehead atoms. The van der Waals surface area contributed by atoms with Gasteiger partial charge in [0.15, 0.2) is 5.69 Å². The minimum Gasteiger partial charge on any atom is -0.441 e. The first kappa shape index (κ1) is 19.3. The number of nitrogens with one attached hydrogen (secondary N) is 1. The molecule has 0 spiro atoms. The number of aryl methyl sites for hydroxylation is 1. The average Bonchev–Trinajstić information content (AvgIpc) is 3.16. The number of nitrogens with zero attached hydrogens (tertiary/aromatic N) is 2. The molecule has 4 aromatic rings. The summed E-state index contributed by atoms with van der Waals surface area (Å²) < 4.78 is 24.3. The summed E-state index contributed by atoms with van der Waals surface area (Å²) in [6.07, 6.45) is 1.58. The highest BCUT2D eigenvalue weighted by Crippen LogP contribution is 2.22. The van der Waals surface area contributed by atoms with E-state index in [1.807, 2.05) is 30.3 Å². The standard InChI is InChI=1S/C23H18FN3O3/c1-15-21(27-23(29-15)17-5-3-2-4-6-17)22(28)26-14-16-11-12-25-20(13-16)30-19-9-7-18(24)8-10-19/h2-13H,14H2,1H3,(H,26,28). The van der Waals surface area contributed by atoms with Crippen molar-refractivity contribution in [2.75, 3.05) is 0 Å². The van der Waals surface area contributed by atoms with Crippen molar-refractivity contribution in [3.63, 3.8) is 0 Å². The molecule has 2 aromatic carbocycles. The van der Waals surface area contributed by atoms with Gasteiger partial charge in [-0.05, 0) is 55.0 Å². The average molecular weight is 403 g/mol. The monoisotopic (exact) mass is 403 g/mol. The smallest absolute Gasteiger partial charge is 0.273 e. The van der Waals surface area contributed by atoms with Gasteiger partial charge in [-0.25, -0.2) is 14.4 Å². The van der Waals surface area contributed by atoms with E-state index in [2.05, 4.69) is 15.3 Å². The molecule has 0 radical (unpaired) electrons. The highest BCUT2D eigenvalue weighted by atomic mass is 19.1. The van der Waals surface area contributed by atoms with Gasteiger partial charge in [-0.1, -0.05) is 18.2 Å². The van der Waals surface area contributed by atoms with E-state index in [0.717, 1.165) is 11.1 Å². The fraction of sp³-hybridized carbons (Fsp3) is 0.0870. The number of hydrogen-bond donors (Lipinski definition) is 1. The zero-order valence-corrected chi connectivity index (χ0v) is 16.1. The van der Waals surface area contributed by atoms with Gasteiger partial charge in [0.05, 0.1) is 0 Å². The summed E-state index contributed by atoms with van der Waals surface area (Å²) in [7, 11) is 0. The molecule has 0 aliphatic heterocycles. The van der Waals surface area contributed by atoms with Crippen LogP contribution in [0.1, 0.15) is 21.8 Å². The lowest BCUT2D eigenvalue weighted by atomic mass is 10.2. The maximum Gasteiger partial charge on any atom is 0.273 e. The first-order valence-corrected chi connectivity index (χ1v) is 9.28. The lowest BCUT2D eigenvalue weighted by Crippen LogP contribution is -2.23. The van der Waals surface area contributed by atoms with Crippen LogP contribution in [-0.4, -0.2) is 15.9 Å². The van der Waals surface area contributed by atoms with Crippen molar-refractivity contribution in [1.82, 2.24) is 15.3 Å². The van der Waals surface area contributed by atoms with Crippen molar-refractivity contribution in [3.8, 4) is 23.1 Å². The van der Waals surface area contributed by atoms with Crippen LogP contribution in [-0.2, 0) is 6.54 Å². The van der Waals surface area contributed by atoms with E-state index in [4.69, 9.17) is 9.15 Å². The maximum absolute atomic E-state index is 13.0. The number of aromatic nitrogens is 2. The second-order valence-corrected chi connectivity index (χ2v) is 6.53. The number of amides is 1. The SMILES string of the molecule is Cc1oc(-c2ccccc2)nc1C(=O)NCc1ccnc(Oc2ccc(F)cc2)c1. The molecule has 0 atom stereocenters. The van der Waals surface area contributed by atoms with E-state index >= 15 is 0 Å². The number of pyridine rings is 1. The molecule has 1 N–H and O–H groups in total. The third-order valence-corrected chi connectivity index (χ3v) is 4.32. The predicted octanol–water partition coefficient (Wildman–Crippen LogP) is 4.91. The van der Waals surface area contributed by atoms with Crippen LogP contribution in [0.4, 0.5) is 4.39 Å². The van der Waals surface area contributed by atoms with Crippen LogP contribution in [0.25, 0.3) is 11.5 Å². The molecule has 1 amide bonds. The summed E-state index contributed by atoms with van der Waals surface area (Å²) in [5, 5.41) is 2.83. The van der Waals surface area contributed by atoms with Gasteiger partial charge in [-0.2, -0.15) is 0 Å². The van der Waals surface area contributed by atoms with Gasteiger partial charge < -0.3 is 14.5 Å². The molecule has 0 unspecified atom stereocenters. The Morgan fingerprint density at radius 3 is 2.63 bits per heavy atom. The lowest BCUT2D eigenvalue weighted by molar-refractivity contribution is 0.0945. The molecular formula is C23H18FN3O3. The molecule has 2 heterocycles. The fourth-order valence-corrected chi connectivity index (χ4v) is 2.82. The van der Waals surface area contributed by atoms with Gasteiger partial charge in [-0.3, -0.25) is 4.79 Å². The molecule has 0 aliphatic rings. The van der Waals surface area contributed by atoms with Crippen molar-refractivity contribution < 1.29 is 18.3 Å². The van der Waals surface area contributed by atoms with Gasteiger partial charge in [-0.15, -0.1) is 0 Å². The van der Waals surface area contributed by atoms with Gasteiger partial charge in [0.1, 0.15) is 17.3 Å². The number of benzene rings is 2. The van der Waals surface area contributed by atoms with E-state index in [0.29, 0.717) is 23.3 Å². The van der Waals surface area contributed by atoms with E-state index in [1.165, 1.54) is 24.3 Å². The normalized spacial score (nSPS) is 10.6. The Morgan fingerprint density at radius 1 is 1.10 bits per heavy atom. The maximum atomic E-state index is 13.0. The van der Waals surface area contributed by atoms with Crippen molar-refractivity contribution >= 4 is 5.91 Å². The second kappa shape index (κ2) is 8.57. The molecule has 0 fully saturated rings. The number of oxazole rings is 1. The predicted molar refractivity (Wildman–Crippen MR) is 109 cm³/mol. The summed E-state index contributed by atoms with van der Waals surface area (Å²) >= 11 is 0. The van der Waals surface area contributed by atoms with Crippen LogP contribution >= 0.6 is 0 Å². The van der Waals surface area contributed by atoms with Crippen LogP contribution in [0.5, 0.6) is 11.6 Å². The summed E-state index contributed by atoms with van der Waals surface area (Å²) in [5.74, 6) is 0.981. The zero-order chi connectivity index (χ0) is 20.9. The molecule has 30 heavy (non-hydrogen) atoms. The van der Waals surface area contributed by atoms with E-state index in [9.17, 15) is 9.18 Å². The first-order valence-electron chi connectivity index (χ1n) is 9.28. The zero-order valence-electron chi connectivity index (χ0n) is 16.1. The Kier molecular flexibility index (Phi) is 5.52. The Hall–Kier alpha value is -4.00. The van der Waals surface area contributed by atoms with E-state index in [1.54, 1.807) is 25.3 Å². The van der Waals surface area contributed by atoms with Crippen molar-refractivity contribution in [2.24, 2.45) is 0 Å². The van der Waals surface area contributed by atoms with Crippen molar-refractivity contribution in [1.29, 1.82) is 0 Å². The molecule has 7 heteroatoms. The fourth-order valence-electron chi connectivity index (χ4n) is 2.82. The summed E-state index contributed by atoms with van der Waals surface area (Å²) in [6.45, 7) is 1.96. The first-order chi connectivity index (χ1) is 14.6. The number of carbonyl (C=O) groups is 1. The third kappa shape index (κ3) is 4.52. The van der Waals surface area contributed by atoms with Gasteiger partial charge >= 0.3 is 0 Å². The Bertz CT molecular complexity index is 1160. The minimum atomic E-state index is -0.342. The highest BCUT2D eigenvalue weighted by molar-refractivity contribution is 5.93. The molecule has 0 saturated heterocycles. The topological polar surface area (TPSA) is 77.3 Å². The van der Waals surface area contributed by atoms with Crippen LogP contribution in [0, 0.1) is 12.7 Å². The Morgan fingerprint density at radius 2 is 1.87 bits per heavy atom. The molecule has 6 nitrogen and oxygen atoms in total. The molecule has 0 saturated carbocycles. The van der Waals surface area contributed by atoms with Gasteiger partial charge in [0.25, 0.3) is 5.91 Å². The minimum absolute atomic E-state index is 0.241. The van der Waals surface area contributed by atoms with Gasteiger partial charge in [0, 0.05) is 24.4 Å². The number of carbonyl (C=O) groups excluding carboxylic acids is 1. The van der Waals surface area contributed by atoms with Crippen molar-refractivity contribution in [2.45, 2.75) is 13.5 Å². The summed E-state index contributed by atoms with van der Waals surface area (Å²) in [4.78, 5) is 21.0. The Labute approximate surface area is 172 Å². The lowest BCUT2D eigenvalue weighted by Gasteiger charge is -2.07. The van der Waals surface area contributed by atoms with Gasteiger partial charge in [0.2, 0.25) is 11.8 Å². The number of hydrogen-bond acceptors (Lipinski definition) is 5. The molecule has 0 aliphatic carbocycles. The van der Waals surface area contributed by atoms with Crippen LogP contribution in [0.3, 0.4) is 0 Å². The summed E-state index contributed by atoms with van der Waals surface area (Å²) in [5.41, 5.74) is 1.84.